The van der Waals surface area contributed by atoms with E-state index in [0.717, 1.165) is 22.3 Å². The molecule has 0 aliphatic heterocycles. The van der Waals surface area contributed by atoms with Gasteiger partial charge in [0, 0.05) is 11.8 Å². The normalized spacial score (nSPS) is 20.5. The monoisotopic (exact) mass is 698 g/mol. The van der Waals surface area contributed by atoms with Gasteiger partial charge in [-0.3, -0.25) is 9.59 Å². The van der Waals surface area contributed by atoms with Gasteiger partial charge in [-0.15, -0.1) is 0 Å². The minimum atomic E-state index is -0.918. The molecule has 2 amide bonds. The lowest BCUT2D eigenvalue weighted by Crippen LogP contribution is -2.40. The molecule has 4 aliphatic carbocycles. The lowest BCUT2D eigenvalue weighted by Gasteiger charge is -2.18. The highest BCUT2D eigenvalue weighted by atomic mass is 16.6. The molecule has 4 atom stereocenters. The average molecular weight is 699 g/mol. The second-order valence-electron chi connectivity index (χ2n) is 13.2. The van der Waals surface area contributed by atoms with Crippen LogP contribution in [0.3, 0.4) is 0 Å². The van der Waals surface area contributed by atoms with Gasteiger partial charge in [-0.2, -0.15) is 0 Å². The van der Waals surface area contributed by atoms with Gasteiger partial charge in [-0.05, 0) is 57.3 Å². The zero-order chi connectivity index (χ0) is 36.2. The Morgan fingerprint density at radius 1 is 0.519 bits per heavy atom. The number of rotatable bonds is 8. The quantitative estimate of drug-likeness (QED) is 0.142. The Balaban J connectivity index is 0.000000162. The summed E-state index contributed by atoms with van der Waals surface area (Å²) in [6.07, 6.45) is 6.62. The van der Waals surface area contributed by atoms with Crippen molar-refractivity contribution in [1.82, 2.24) is 10.6 Å². The first kappa shape index (κ1) is 34.3. The van der Waals surface area contributed by atoms with E-state index in [9.17, 15) is 29.4 Å². The SMILES string of the molecule is O=C(N[C@@H]1C=CC[C@@H]1C(=O)O)OCC1c2ccccc2-c2ccccc21.O=C(N[C@H]1C=CC[C@H]1C(=O)O)OCC1c2ccccc2-c2ccccc21. The standard InChI is InChI=1S/2C21H19NO4/c2*23-20(24)17-10-5-11-19(17)22-21(25)26-12-18-15-8-3-1-6-13(15)14-7-2-4-9-16(14)18/h2*1-9,11,17-19H,10,12H2,(H,22,25)(H,23,24)/t2*17-,19+/m10/s1. The highest BCUT2D eigenvalue weighted by Crippen LogP contribution is 2.45. The van der Waals surface area contributed by atoms with E-state index in [1.54, 1.807) is 24.3 Å². The fraction of sp³-hybridized carbons (Fsp3) is 0.238. The molecular formula is C42H38N2O8. The summed E-state index contributed by atoms with van der Waals surface area (Å²) < 4.78 is 10.9. The molecule has 0 unspecified atom stereocenters. The molecular weight excluding hydrogens is 660 g/mol. The number of allylic oxidation sites excluding steroid dienone is 2. The van der Waals surface area contributed by atoms with Crippen LogP contribution in [0.15, 0.2) is 121 Å². The Morgan fingerprint density at radius 2 is 0.827 bits per heavy atom. The third-order valence-electron chi connectivity index (χ3n) is 10.2. The van der Waals surface area contributed by atoms with Crippen LogP contribution < -0.4 is 10.6 Å². The van der Waals surface area contributed by atoms with Crippen LogP contribution in [0, 0.1) is 11.8 Å². The van der Waals surface area contributed by atoms with Crippen molar-refractivity contribution in [2.75, 3.05) is 13.2 Å². The number of carbonyl (C=O) groups is 4. The second kappa shape index (κ2) is 15.0. The van der Waals surface area contributed by atoms with Gasteiger partial charge in [0.2, 0.25) is 0 Å². The summed E-state index contributed by atoms with van der Waals surface area (Å²) >= 11 is 0. The van der Waals surface area contributed by atoms with Crippen molar-refractivity contribution in [3.05, 3.63) is 144 Å². The summed E-state index contributed by atoms with van der Waals surface area (Å²) in [5.41, 5.74) is 9.25. The first-order valence-corrected chi connectivity index (χ1v) is 17.3. The van der Waals surface area contributed by atoms with Crippen LogP contribution >= 0.6 is 0 Å². The van der Waals surface area contributed by atoms with Gasteiger partial charge >= 0.3 is 24.1 Å². The van der Waals surface area contributed by atoms with Crippen molar-refractivity contribution in [3.63, 3.8) is 0 Å². The summed E-state index contributed by atoms with van der Waals surface area (Å²) in [7, 11) is 0. The fourth-order valence-corrected chi connectivity index (χ4v) is 7.66. The molecule has 4 aliphatic rings. The Hall–Kier alpha value is -6.16. The number of fused-ring (bicyclic) bond motifs is 6. The third-order valence-corrected chi connectivity index (χ3v) is 10.2. The first-order valence-electron chi connectivity index (χ1n) is 17.3. The summed E-state index contributed by atoms with van der Waals surface area (Å²) in [5, 5.41) is 23.7. The van der Waals surface area contributed by atoms with Gasteiger partial charge < -0.3 is 30.3 Å². The van der Waals surface area contributed by atoms with Gasteiger partial charge in [-0.1, -0.05) is 121 Å². The lowest BCUT2D eigenvalue weighted by molar-refractivity contribution is -0.142. The molecule has 10 nitrogen and oxygen atoms in total. The highest BCUT2D eigenvalue weighted by molar-refractivity contribution is 5.81. The number of alkyl carbamates (subject to hydrolysis) is 2. The average Bonchev–Trinajstić information content (AvgIpc) is 3.94. The topological polar surface area (TPSA) is 151 Å². The number of hydrogen-bond acceptors (Lipinski definition) is 6. The van der Waals surface area contributed by atoms with E-state index in [-0.39, 0.29) is 25.0 Å². The van der Waals surface area contributed by atoms with Crippen molar-refractivity contribution in [1.29, 1.82) is 0 Å². The van der Waals surface area contributed by atoms with Crippen LogP contribution in [0.4, 0.5) is 9.59 Å². The van der Waals surface area contributed by atoms with Crippen molar-refractivity contribution >= 4 is 24.1 Å². The van der Waals surface area contributed by atoms with E-state index in [0.29, 0.717) is 12.8 Å². The zero-order valence-electron chi connectivity index (χ0n) is 28.2. The molecule has 0 aromatic heterocycles. The number of nitrogens with one attached hydrogen (secondary N) is 2. The second-order valence-corrected chi connectivity index (χ2v) is 13.2. The van der Waals surface area contributed by atoms with E-state index in [4.69, 9.17) is 9.47 Å². The number of hydrogen-bond donors (Lipinski definition) is 4. The molecule has 4 N–H and O–H groups in total. The lowest BCUT2D eigenvalue weighted by atomic mass is 9.98. The molecule has 0 fully saturated rings. The van der Waals surface area contributed by atoms with Crippen molar-refractivity contribution < 1.29 is 38.9 Å². The van der Waals surface area contributed by atoms with Gasteiger partial charge in [0.05, 0.1) is 23.9 Å². The maximum Gasteiger partial charge on any atom is 0.407 e. The van der Waals surface area contributed by atoms with Crippen LogP contribution in [0.25, 0.3) is 22.3 Å². The molecule has 0 bridgehead atoms. The number of aliphatic carboxylic acids is 2. The smallest absolute Gasteiger partial charge is 0.407 e. The van der Waals surface area contributed by atoms with E-state index in [2.05, 4.69) is 59.2 Å². The van der Waals surface area contributed by atoms with Crippen LogP contribution in [-0.4, -0.2) is 59.6 Å². The zero-order valence-corrected chi connectivity index (χ0v) is 28.2. The minimum Gasteiger partial charge on any atom is -0.481 e. The maximum absolute atomic E-state index is 12.2. The van der Waals surface area contributed by atoms with Crippen LogP contribution in [0.5, 0.6) is 0 Å². The first-order chi connectivity index (χ1) is 25.3. The van der Waals surface area contributed by atoms with E-state index in [1.807, 2.05) is 48.5 Å². The fourth-order valence-electron chi connectivity index (χ4n) is 7.66. The van der Waals surface area contributed by atoms with Gasteiger partial charge in [0.1, 0.15) is 13.2 Å². The number of ether oxygens (including phenoxy) is 2. The molecule has 10 heteroatoms. The molecule has 0 saturated carbocycles. The molecule has 4 aromatic carbocycles. The summed E-state index contributed by atoms with van der Waals surface area (Å²) in [6.45, 7) is 0.433. The largest absolute Gasteiger partial charge is 0.481 e. The van der Waals surface area contributed by atoms with Crippen LogP contribution in [0.1, 0.15) is 46.9 Å². The summed E-state index contributed by atoms with van der Waals surface area (Å²) in [5.74, 6) is -3.12. The number of carboxylic acids is 2. The van der Waals surface area contributed by atoms with Gasteiger partial charge in [-0.25, -0.2) is 9.59 Å². The van der Waals surface area contributed by atoms with E-state index in [1.165, 1.54) is 22.3 Å². The number of carbonyl (C=O) groups excluding carboxylic acids is 2. The van der Waals surface area contributed by atoms with Crippen molar-refractivity contribution in [3.8, 4) is 22.3 Å². The molecule has 8 rings (SSSR count). The number of benzene rings is 4. The Bertz CT molecular complexity index is 1830. The Morgan fingerprint density at radius 3 is 1.13 bits per heavy atom. The Labute approximate surface area is 300 Å². The van der Waals surface area contributed by atoms with Gasteiger partial charge in [0.15, 0.2) is 0 Å². The van der Waals surface area contributed by atoms with Crippen molar-refractivity contribution in [2.24, 2.45) is 11.8 Å². The molecule has 0 spiro atoms. The van der Waals surface area contributed by atoms with Crippen molar-refractivity contribution in [2.45, 2.75) is 36.8 Å². The number of carboxylic acid groups (broad SMARTS) is 2. The molecule has 0 saturated heterocycles. The van der Waals surface area contributed by atoms with Gasteiger partial charge in [0.25, 0.3) is 0 Å². The molecule has 52 heavy (non-hydrogen) atoms. The molecule has 0 heterocycles. The molecule has 4 aromatic rings. The minimum absolute atomic E-state index is 0.0115. The third kappa shape index (κ3) is 6.92. The van der Waals surface area contributed by atoms with E-state index < -0.39 is 48.0 Å². The van der Waals surface area contributed by atoms with Crippen LogP contribution in [-0.2, 0) is 19.1 Å². The molecule has 264 valence electrons. The summed E-state index contributed by atoms with van der Waals surface area (Å²) in [4.78, 5) is 46.8. The van der Waals surface area contributed by atoms with E-state index >= 15 is 0 Å². The summed E-state index contributed by atoms with van der Waals surface area (Å²) in [6, 6.07) is 31.4. The predicted molar refractivity (Wildman–Crippen MR) is 194 cm³/mol. The number of amides is 2. The predicted octanol–water partition coefficient (Wildman–Crippen LogP) is 7.11. The Kier molecular flexibility index (Phi) is 9.88. The van der Waals surface area contributed by atoms with Crippen LogP contribution in [0.2, 0.25) is 0 Å². The highest BCUT2D eigenvalue weighted by Gasteiger charge is 2.34. The maximum atomic E-state index is 12.2. The molecule has 0 radical (unpaired) electrons.